The molecule has 2 N–H and O–H groups in total. The van der Waals surface area contributed by atoms with E-state index in [1.54, 1.807) is 0 Å². The first kappa shape index (κ1) is 17.1. The molecule has 0 unspecified atom stereocenters. The standard InChI is InChI=1S/C20H25N3O3/c1-2-23-17-7-6-15(11-16(17)19(22-23)20(24)25)21-12-13-5-8-18-14(10-13)4-3-9-26-18/h5,8,10,15,21H,2-4,6-7,9,11-12H2,1H3,(H,24,25)/t15-/m1/s1. The lowest BCUT2D eigenvalue weighted by Gasteiger charge is -2.25. The molecular formula is C20H25N3O3. The summed E-state index contributed by atoms with van der Waals surface area (Å²) in [6, 6.07) is 6.69. The van der Waals surface area contributed by atoms with Gasteiger partial charge in [-0.1, -0.05) is 12.1 Å². The number of aromatic carboxylic acids is 1. The van der Waals surface area contributed by atoms with Gasteiger partial charge in [-0.3, -0.25) is 4.68 Å². The van der Waals surface area contributed by atoms with Crippen molar-refractivity contribution >= 4 is 5.97 Å². The second-order valence-corrected chi connectivity index (χ2v) is 7.11. The van der Waals surface area contributed by atoms with Gasteiger partial charge < -0.3 is 15.2 Å². The van der Waals surface area contributed by atoms with Gasteiger partial charge in [0, 0.05) is 30.4 Å². The number of carboxylic acid groups (broad SMARTS) is 1. The highest BCUT2D eigenvalue weighted by atomic mass is 16.5. The lowest BCUT2D eigenvalue weighted by molar-refractivity contribution is 0.0688. The Labute approximate surface area is 153 Å². The molecule has 6 heteroatoms. The molecular weight excluding hydrogens is 330 g/mol. The molecule has 0 fully saturated rings. The van der Waals surface area contributed by atoms with Crippen molar-refractivity contribution in [1.29, 1.82) is 0 Å². The third-order valence-electron chi connectivity index (χ3n) is 5.42. The van der Waals surface area contributed by atoms with Gasteiger partial charge in [0.05, 0.1) is 6.61 Å². The summed E-state index contributed by atoms with van der Waals surface area (Å²) in [7, 11) is 0. The predicted octanol–water partition coefficient (Wildman–Crippen LogP) is 2.57. The van der Waals surface area contributed by atoms with Gasteiger partial charge in [0.25, 0.3) is 0 Å². The molecule has 138 valence electrons. The molecule has 1 aliphatic carbocycles. The summed E-state index contributed by atoms with van der Waals surface area (Å²) < 4.78 is 7.52. The van der Waals surface area contributed by atoms with Gasteiger partial charge in [-0.15, -0.1) is 0 Å². The minimum Gasteiger partial charge on any atom is -0.493 e. The zero-order valence-corrected chi connectivity index (χ0v) is 15.1. The van der Waals surface area contributed by atoms with Crippen LogP contribution in [0.2, 0.25) is 0 Å². The number of benzene rings is 1. The number of carboxylic acids is 1. The van der Waals surface area contributed by atoms with Crippen molar-refractivity contribution in [2.24, 2.45) is 0 Å². The molecule has 0 bridgehead atoms. The molecule has 6 nitrogen and oxygen atoms in total. The van der Waals surface area contributed by atoms with Crippen molar-refractivity contribution < 1.29 is 14.6 Å². The van der Waals surface area contributed by atoms with Crippen LogP contribution in [0.1, 0.15) is 52.6 Å². The van der Waals surface area contributed by atoms with Crippen LogP contribution >= 0.6 is 0 Å². The topological polar surface area (TPSA) is 76.4 Å². The van der Waals surface area contributed by atoms with Crippen molar-refractivity contribution in [1.82, 2.24) is 15.1 Å². The van der Waals surface area contributed by atoms with Gasteiger partial charge >= 0.3 is 5.97 Å². The number of nitrogens with zero attached hydrogens (tertiary/aromatic N) is 2. The maximum absolute atomic E-state index is 11.5. The number of carbonyl (C=O) groups is 1. The van der Waals surface area contributed by atoms with E-state index in [1.807, 2.05) is 11.6 Å². The Hall–Kier alpha value is -2.34. The maximum atomic E-state index is 11.5. The van der Waals surface area contributed by atoms with Gasteiger partial charge in [-0.25, -0.2) is 4.79 Å². The van der Waals surface area contributed by atoms with Crippen molar-refractivity contribution in [3.05, 3.63) is 46.3 Å². The van der Waals surface area contributed by atoms with E-state index in [1.165, 1.54) is 11.1 Å². The van der Waals surface area contributed by atoms with Crippen LogP contribution in [-0.4, -0.2) is 33.5 Å². The van der Waals surface area contributed by atoms with E-state index in [2.05, 4.69) is 28.6 Å². The first-order valence-corrected chi connectivity index (χ1v) is 9.45. The zero-order chi connectivity index (χ0) is 18.1. The number of aryl methyl sites for hydroxylation is 2. The van der Waals surface area contributed by atoms with E-state index in [0.717, 1.165) is 62.3 Å². The largest absolute Gasteiger partial charge is 0.493 e. The minimum absolute atomic E-state index is 0.222. The zero-order valence-electron chi connectivity index (χ0n) is 15.1. The third-order valence-corrected chi connectivity index (χ3v) is 5.42. The number of ether oxygens (including phenoxy) is 1. The number of nitrogens with one attached hydrogen (secondary N) is 1. The monoisotopic (exact) mass is 355 g/mol. The summed E-state index contributed by atoms with van der Waals surface area (Å²) in [5.74, 6) is 0.0872. The highest BCUT2D eigenvalue weighted by Gasteiger charge is 2.28. The molecule has 2 heterocycles. The Kier molecular flexibility index (Phi) is 4.68. The average molecular weight is 355 g/mol. The molecule has 0 saturated heterocycles. The number of hydrogen-bond donors (Lipinski definition) is 2. The predicted molar refractivity (Wildman–Crippen MR) is 97.8 cm³/mol. The van der Waals surface area contributed by atoms with Crippen molar-refractivity contribution in [3.63, 3.8) is 0 Å². The van der Waals surface area contributed by atoms with Gasteiger partial charge in [-0.05, 0) is 56.2 Å². The van der Waals surface area contributed by atoms with Gasteiger partial charge in [0.15, 0.2) is 5.69 Å². The highest BCUT2D eigenvalue weighted by Crippen LogP contribution is 2.27. The summed E-state index contributed by atoms with van der Waals surface area (Å²) in [5, 5.41) is 17.3. The Morgan fingerprint density at radius 2 is 2.31 bits per heavy atom. The summed E-state index contributed by atoms with van der Waals surface area (Å²) in [6.45, 7) is 4.32. The van der Waals surface area contributed by atoms with E-state index in [9.17, 15) is 9.90 Å². The summed E-state index contributed by atoms with van der Waals surface area (Å²) >= 11 is 0. The van der Waals surface area contributed by atoms with Crippen LogP contribution in [-0.2, 0) is 32.4 Å². The molecule has 2 aromatic rings. The van der Waals surface area contributed by atoms with Crippen LogP contribution in [0, 0.1) is 0 Å². The lowest BCUT2D eigenvalue weighted by Crippen LogP contribution is -2.34. The van der Waals surface area contributed by atoms with E-state index in [0.29, 0.717) is 6.54 Å². The number of rotatable bonds is 5. The van der Waals surface area contributed by atoms with E-state index >= 15 is 0 Å². The minimum atomic E-state index is -0.927. The fourth-order valence-corrected chi connectivity index (χ4v) is 4.08. The average Bonchev–Trinajstić information content (AvgIpc) is 3.04. The molecule has 0 saturated carbocycles. The number of hydrogen-bond acceptors (Lipinski definition) is 4. The molecule has 1 atom stereocenters. The SMILES string of the molecule is CCn1nc(C(=O)O)c2c1CC[C@@H](NCc1ccc3c(c1)CCCO3)C2. The lowest BCUT2D eigenvalue weighted by atomic mass is 9.91. The molecule has 1 aromatic carbocycles. The number of fused-ring (bicyclic) bond motifs is 2. The van der Waals surface area contributed by atoms with Crippen LogP contribution in [0.4, 0.5) is 0 Å². The van der Waals surface area contributed by atoms with Gasteiger partial charge in [-0.2, -0.15) is 5.10 Å². The first-order valence-electron chi connectivity index (χ1n) is 9.45. The van der Waals surface area contributed by atoms with Crippen molar-refractivity contribution in [2.75, 3.05) is 6.61 Å². The van der Waals surface area contributed by atoms with Crippen molar-refractivity contribution in [2.45, 2.75) is 58.2 Å². The van der Waals surface area contributed by atoms with Crippen LogP contribution < -0.4 is 10.1 Å². The Morgan fingerprint density at radius 3 is 3.12 bits per heavy atom. The van der Waals surface area contributed by atoms with Crippen LogP contribution in [0.15, 0.2) is 18.2 Å². The molecule has 26 heavy (non-hydrogen) atoms. The molecule has 1 aromatic heterocycles. The Balaban J connectivity index is 1.45. The summed E-state index contributed by atoms with van der Waals surface area (Å²) in [5.41, 5.74) is 4.76. The second-order valence-electron chi connectivity index (χ2n) is 7.11. The first-order chi connectivity index (χ1) is 12.7. The maximum Gasteiger partial charge on any atom is 0.356 e. The highest BCUT2D eigenvalue weighted by molar-refractivity contribution is 5.87. The quantitative estimate of drug-likeness (QED) is 0.862. The third kappa shape index (κ3) is 3.21. The molecule has 1 aliphatic heterocycles. The second kappa shape index (κ2) is 7.11. The summed E-state index contributed by atoms with van der Waals surface area (Å²) in [6.07, 6.45) is 4.76. The Bertz CT molecular complexity index is 828. The molecule has 0 spiro atoms. The smallest absolute Gasteiger partial charge is 0.356 e. The molecule has 4 rings (SSSR count). The van der Waals surface area contributed by atoms with Gasteiger partial charge in [0.1, 0.15) is 5.75 Å². The summed E-state index contributed by atoms with van der Waals surface area (Å²) in [4.78, 5) is 11.5. The molecule has 0 amide bonds. The Morgan fingerprint density at radius 1 is 1.42 bits per heavy atom. The van der Waals surface area contributed by atoms with Crippen LogP contribution in [0.3, 0.4) is 0 Å². The van der Waals surface area contributed by atoms with Gasteiger partial charge in [0.2, 0.25) is 0 Å². The van der Waals surface area contributed by atoms with E-state index in [-0.39, 0.29) is 11.7 Å². The van der Waals surface area contributed by atoms with E-state index in [4.69, 9.17) is 4.74 Å². The fraction of sp³-hybridized carbons (Fsp3) is 0.500. The van der Waals surface area contributed by atoms with Crippen LogP contribution in [0.5, 0.6) is 5.75 Å². The fourth-order valence-electron chi connectivity index (χ4n) is 4.08. The molecule has 2 aliphatic rings. The normalized spacial score (nSPS) is 18.7. The van der Waals surface area contributed by atoms with Crippen molar-refractivity contribution in [3.8, 4) is 5.75 Å². The number of aromatic nitrogens is 2. The van der Waals surface area contributed by atoms with Crippen LogP contribution in [0.25, 0.3) is 0 Å². The molecule has 0 radical (unpaired) electrons. The van der Waals surface area contributed by atoms with E-state index < -0.39 is 5.97 Å².